The second kappa shape index (κ2) is 4.13. The number of aliphatic hydroxyl groups is 1. The summed E-state index contributed by atoms with van der Waals surface area (Å²) in [5.41, 5.74) is 1.82. The molecule has 1 unspecified atom stereocenters. The van der Waals surface area contributed by atoms with E-state index in [4.69, 9.17) is 0 Å². The first-order chi connectivity index (χ1) is 7.16. The maximum absolute atomic E-state index is 10.0. The first-order valence-electron chi connectivity index (χ1n) is 4.84. The van der Waals surface area contributed by atoms with E-state index < -0.39 is 6.10 Å². The Morgan fingerprint density at radius 3 is 2.53 bits per heavy atom. The lowest BCUT2D eigenvalue weighted by molar-refractivity contribution is 0.219. The van der Waals surface area contributed by atoms with Gasteiger partial charge >= 0.3 is 0 Å². The number of rotatable bonds is 2. The van der Waals surface area contributed by atoms with Crippen molar-refractivity contribution >= 4 is 11.3 Å². The lowest BCUT2D eigenvalue weighted by Crippen LogP contribution is -1.99. The van der Waals surface area contributed by atoms with Crippen LogP contribution < -0.4 is 0 Å². The van der Waals surface area contributed by atoms with Crippen molar-refractivity contribution in [2.24, 2.45) is 0 Å². The average molecular weight is 219 g/mol. The van der Waals surface area contributed by atoms with Gasteiger partial charge in [-0.15, -0.1) is 11.3 Å². The Labute approximate surface area is 93.2 Å². The highest BCUT2D eigenvalue weighted by molar-refractivity contribution is 7.12. The van der Waals surface area contributed by atoms with E-state index in [1.165, 1.54) is 4.88 Å². The third-order valence-electron chi connectivity index (χ3n) is 2.25. The van der Waals surface area contributed by atoms with Gasteiger partial charge in [-0.1, -0.05) is 6.07 Å². The number of aliphatic hydroxyl groups excluding tert-OH is 1. The van der Waals surface area contributed by atoms with Crippen LogP contribution in [0.2, 0.25) is 0 Å². The molecule has 0 aliphatic carbocycles. The number of nitrogens with zero attached hydrogens (tertiary/aromatic N) is 1. The minimum absolute atomic E-state index is 0.593. The Morgan fingerprint density at radius 1 is 1.20 bits per heavy atom. The quantitative estimate of drug-likeness (QED) is 0.842. The van der Waals surface area contributed by atoms with E-state index >= 15 is 0 Å². The van der Waals surface area contributed by atoms with E-state index in [1.807, 2.05) is 38.1 Å². The van der Waals surface area contributed by atoms with Crippen molar-refractivity contribution in [1.29, 1.82) is 0 Å². The van der Waals surface area contributed by atoms with Gasteiger partial charge in [-0.25, -0.2) is 0 Å². The summed E-state index contributed by atoms with van der Waals surface area (Å²) in [7, 11) is 0. The van der Waals surface area contributed by atoms with Crippen LogP contribution in [-0.2, 0) is 0 Å². The van der Waals surface area contributed by atoms with Crippen LogP contribution >= 0.6 is 11.3 Å². The van der Waals surface area contributed by atoms with Gasteiger partial charge in [-0.05, 0) is 37.6 Å². The lowest BCUT2D eigenvalue weighted by Gasteiger charge is -2.07. The van der Waals surface area contributed by atoms with Crippen LogP contribution in [0.15, 0.2) is 30.5 Å². The fourth-order valence-corrected chi connectivity index (χ4v) is 2.26. The molecule has 0 saturated carbocycles. The Hall–Kier alpha value is -1.19. The molecule has 0 aliphatic heterocycles. The molecular weight excluding hydrogens is 206 g/mol. The highest BCUT2D eigenvalue weighted by Crippen LogP contribution is 2.26. The van der Waals surface area contributed by atoms with Crippen molar-refractivity contribution in [1.82, 2.24) is 4.98 Å². The van der Waals surface area contributed by atoms with Crippen LogP contribution in [-0.4, -0.2) is 10.1 Å². The SMILES string of the molecule is Cc1ccc(C(O)c2ccc(C)s2)nc1. The highest BCUT2D eigenvalue weighted by atomic mass is 32.1. The summed E-state index contributed by atoms with van der Waals surface area (Å²) in [6.07, 6.45) is 1.18. The van der Waals surface area contributed by atoms with Crippen LogP contribution in [0.4, 0.5) is 0 Å². The molecule has 0 amide bonds. The normalized spacial score (nSPS) is 12.7. The van der Waals surface area contributed by atoms with Gasteiger partial charge in [0.25, 0.3) is 0 Å². The van der Waals surface area contributed by atoms with E-state index in [2.05, 4.69) is 4.98 Å². The van der Waals surface area contributed by atoms with Crippen molar-refractivity contribution in [3.05, 3.63) is 51.5 Å². The second-order valence-electron chi connectivity index (χ2n) is 3.61. The van der Waals surface area contributed by atoms with E-state index in [0.29, 0.717) is 5.69 Å². The molecule has 1 N–H and O–H groups in total. The van der Waals surface area contributed by atoms with Crippen LogP contribution in [0, 0.1) is 13.8 Å². The maximum atomic E-state index is 10.0. The summed E-state index contributed by atoms with van der Waals surface area (Å²) in [5.74, 6) is 0. The molecular formula is C12H13NOS. The summed E-state index contributed by atoms with van der Waals surface area (Å²) < 4.78 is 0. The van der Waals surface area contributed by atoms with Gasteiger partial charge in [0.05, 0.1) is 5.69 Å². The van der Waals surface area contributed by atoms with Crippen molar-refractivity contribution < 1.29 is 5.11 Å². The molecule has 0 fully saturated rings. The Morgan fingerprint density at radius 2 is 2.00 bits per heavy atom. The number of hydrogen-bond donors (Lipinski definition) is 1. The molecule has 0 saturated heterocycles. The predicted molar refractivity (Wildman–Crippen MR) is 62.1 cm³/mol. The van der Waals surface area contributed by atoms with Crippen molar-refractivity contribution in [3.63, 3.8) is 0 Å². The zero-order valence-electron chi connectivity index (χ0n) is 8.77. The lowest BCUT2D eigenvalue weighted by atomic mass is 10.2. The predicted octanol–water partition coefficient (Wildman–Crippen LogP) is 2.84. The molecule has 0 aromatic carbocycles. The van der Waals surface area contributed by atoms with Crippen LogP contribution in [0.25, 0.3) is 0 Å². The maximum Gasteiger partial charge on any atom is 0.130 e. The van der Waals surface area contributed by atoms with Gasteiger partial charge in [-0.2, -0.15) is 0 Å². The molecule has 2 nitrogen and oxygen atoms in total. The van der Waals surface area contributed by atoms with Crippen molar-refractivity contribution in [2.75, 3.05) is 0 Å². The van der Waals surface area contributed by atoms with Gasteiger partial charge in [0.1, 0.15) is 6.10 Å². The molecule has 1 atom stereocenters. The molecule has 2 rings (SSSR count). The molecule has 0 bridgehead atoms. The summed E-state index contributed by atoms with van der Waals surface area (Å²) in [4.78, 5) is 6.37. The molecule has 2 aromatic rings. The van der Waals surface area contributed by atoms with Crippen molar-refractivity contribution in [3.8, 4) is 0 Å². The molecule has 0 radical (unpaired) electrons. The first-order valence-corrected chi connectivity index (χ1v) is 5.65. The van der Waals surface area contributed by atoms with Crippen molar-refractivity contribution in [2.45, 2.75) is 20.0 Å². The molecule has 0 spiro atoms. The van der Waals surface area contributed by atoms with Gasteiger partial charge in [0, 0.05) is 16.0 Å². The third-order valence-corrected chi connectivity index (χ3v) is 3.30. The van der Waals surface area contributed by atoms with Crippen LogP contribution in [0.5, 0.6) is 0 Å². The Bertz CT molecular complexity index is 447. The Kier molecular flexibility index (Phi) is 2.84. The number of pyridine rings is 1. The molecule has 3 heteroatoms. The first kappa shape index (κ1) is 10.3. The standard InChI is InChI=1S/C12H13NOS/c1-8-3-5-10(13-7-8)12(14)11-6-4-9(2)15-11/h3-7,12,14H,1-2H3. The summed E-state index contributed by atoms with van der Waals surface area (Å²) in [6, 6.07) is 7.80. The van der Waals surface area contributed by atoms with Gasteiger partial charge in [0.15, 0.2) is 0 Å². The smallest absolute Gasteiger partial charge is 0.130 e. The van der Waals surface area contributed by atoms with Gasteiger partial charge < -0.3 is 5.11 Å². The number of aromatic nitrogens is 1. The van der Waals surface area contributed by atoms with E-state index in [1.54, 1.807) is 17.5 Å². The minimum atomic E-state index is -0.593. The monoisotopic (exact) mass is 219 g/mol. The summed E-state index contributed by atoms with van der Waals surface area (Å²) in [6.45, 7) is 4.02. The summed E-state index contributed by atoms with van der Waals surface area (Å²) >= 11 is 1.60. The molecule has 0 aliphatic rings. The fourth-order valence-electron chi connectivity index (χ4n) is 1.39. The molecule has 15 heavy (non-hydrogen) atoms. The largest absolute Gasteiger partial charge is 0.381 e. The van der Waals surface area contributed by atoms with Crippen LogP contribution in [0.3, 0.4) is 0 Å². The van der Waals surface area contributed by atoms with Gasteiger partial charge in [-0.3, -0.25) is 4.98 Å². The number of thiophene rings is 1. The van der Waals surface area contributed by atoms with E-state index in [0.717, 1.165) is 10.4 Å². The molecule has 2 aromatic heterocycles. The minimum Gasteiger partial charge on any atom is -0.381 e. The zero-order chi connectivity index (χ0) is 10.8. The summed E-state index contributed by atoms with van der Waals surface area (Å²) in [5, 5.41) is 10.0. The zero-order valence-corrected chi connectivity index (χ0v) is 9.58. The van der Waals surface area contributed by atoms with E-state index in [9.17, 15) is 5.11 Å². The Balaban J connectivity index is 2.28. The average Bonchev–Trinajstić information content (AvgIpc) is 2.65. The number of aryl methyl sites for hydroxylation is 2. The van der Waals surface area contributed by atoms with Crippen LogP contribution in [0.1, 0.15) is 27.1 Å². The van der Waals surface area contributed by atoms with E-state index in [-0.39, 0.29) is 0 Å². The van der Waals surface area contributed by atoms with Gasteiger partial charge in [0.2, 0.25) is 0 Å². The molecule has 78 valence electrons. The highest BCUT2D eigenvalue weighted by Gasteiger charge is 2.12. The fraction of sp³-hybridized carbons (Fsp3) is 0.250. The topological polar surface area (TPSA) is 33.1 Å². The number of hydrogen-bond acceptors (Lipinski definition) is 3. The molecule has 2 heterocycles. The third kappa shape index (κ3) is 2.25. The second-order valence-corrected chi connectivity index (χ2v) is 4.93.